The van der Waals surface area contributed by atoms with E-state index in [1.807, 2.05) is 25.9 Å². The van der Waals surface area contributed by atoms with E-state index in [-0.39, 0.29) is 18.6 Å². The Morgan fingerprint density at radius 3 is 2.38 bits per heavy atom. The summed E-state index contributed by atoms with van der Waals surface area (Å²) in [5.41, 5.74) is 0. The van der Waals surface area contributed by atoms with Crippen molar-refractivity contribution < 1.29 is 4.84 Å². The van der Waals surface area contributed by atoms with E-state index >= 15 is 0 Å². The van der Waals surface area contributed by atoms with Gasteiger partial charge in [0.2, 0.25) is 0 Å². The maximum Gasteiger partial charge on any atom is 0.137 e. The average Bonchev–Trinajstić information content (AvgIpc) is 2.04. The fourth-order valence-electron chi connectivity index (χ4n) is 0.756. The lowest BCUT2D eigenvalue weighted by molar-refractivity contribution is 0.160. The highest BCUT2D eigenvalue weighted by molar-refractivity contribution is 5.85. The normalized spacial score (nSPS) is 11.2. The fraction of sp³-hybridized carbons (Fsp3) is 0.875. The van der Waals surface area contributed by atoms with Crippen LogP contribution in [0.3, 0.4) is 0 Å². The van der Waals surface area contributed by atoms with E-state index < -0.39 is 0 Å². The quantitative estimate of drug-likeness (QED) is 0.510. The first-order valence-electron chi connectivity index (χ1n) is 4.15. The van der Waals surface area contributed by atoms with Crippen molar-refractivity contribution in [3.05, 3.63) is 0 Å². The molecule has 0 saturated carbocycles. The average molecular weight is 208 g/mol. The molecule has 0 heterocycles. The van der Waals surface area contributed by atoms with Gasteiger partial charge in [-0.3, -0.25) is 4.90 Å². The van der Waals surface area contributed by atoms with E-state index in [1.54, 1.807) is 0 Å². The zero-order valence-corrected chi connectivity index (χ0v) is 9.47. The first-order valence-corrected chi connectivity index (χ1v) is 4.15. The minimum absolute atomic E-state index is 0. The standard InChI is InChI=1S/C8H17N3O.ClH/c1-5-8(11(3)4)9-7-10-12-6-2;/h8H,5-6H2,1-4H3;1H. The van der Waals surface area contributed by atoms with E-state index in [9.17, 15) is 0 Å². The molecule has 5 heteroatoms. The predicted octanol–water partition coefficient (Wildman–Crippen LogP) is 1.83. The van der Waals surface area contributed by atoms with Crippen molar-refractivity contribution in [3.63, 3.8) is 0 Å². The Morgan fingerprint density at radius 2 is 2.00 bits per heavy atom. The third kappa shape index (κ3) is 7.78. The van der Waals surface area contributed by atoms with Crippen molar-refractivity contribution in [2.45, 2.75) is 26.4 Å². The van der Waals surface area contributed by atoms with E-state index in [4.69, 9.17) is 4.84 Å². The van der Waals surface area contributed by atoms with Crippen LogP contribution in [0.25, 0.3) is 0 Å². The summed E-state index contributed by atoms with van der Waals surface area (Å²) in [5, 5.41) is 3.52. The molecule has 13 heavy (non-hydrogen) atoms. The number of halogens is 1. The Bertz CT molecular complexity index is 167. The molecule has 4 nitrogen and oxygen atoms in total. The van der Waals surface area contributed by atoms with Gasteiger partial charge < -0.3 is 4.84 Å². The Kier molecular flexibility index (Phi) is 10.9. The monoisotopic (exact) mass is 207 g/mol. The molecular weight excluding hydrogens is 190 g/mol. The van der Waals surface area contributed by atoms with Crippen molar-refractivity contribution in [2.24, 2.45) is 10.1 Å². The molecule has 1 unspecified atom stereocenters. The van der Waals surface area contributed by atoms with Crippen molar-refractivity contribution in [1.29, 1.82) is 0 Å². The Hall–Kier alpha value is -0.570. The van der Waals surface area contributed by atoms with Gasteiger partial charge in [0.15, 0.2) is 0 Å². The molecule has 0 N–H and O–H groups in total. The van der Waals surface area contributed by atoms with Gasteiger partial charge in [-0.05, 0) is 32.6 Å². The van der Waals surface area contributed by atoms with Crippen LogP contribution in [-0.4, -0.2) is 37.8 Å². The molecule has 0 rings (SSSR count). The van der Waals surface area contributed by atoms with Gasteiger partial charge in [0, 0.05) is 0 Å². The smallest absolute Gasteiger partial charge is 0.137 e. The van der Waals surface area contributed by atoms with Crippen LogP contribution in [0.1, 0.15) is 20.3 Å². The molecule has 0 aromatic heterocycles. The first-order chi connectivity index (χ1) is 5.72. The largest absolute Gasteiger partial charge is 0.388 e. The molecule has 0 aliphatic rings. The Balaban J connectivity index is 0. The summed E-state index contributed by atoms with van der Waals surface area (Å²) in [5.74, 6) is 0. The van der Waals surface area contributed by atoms with Crippen LogP contribution in [0.15, 0.2) is 10.1 Å². The molecule has 0 radical (unpaired) electrons. The maximum absolute atomic E-state index is 4.71. The highest BCUT2D eigenvalue weighted by atomic mass is 35.5. The lowest BCUT2D eigenvalue weighted by Gasteiger charge is -2.15. The summed E-state index contributed by atoms with van der Waals surface area (Å²) >= 11 is 0. The van der Waals surface area contributed by atoms with Crippen LogP contribution in [0.4, 0.5) is 0 Å². The van der Waals surface area contributed by atoms with Gasteiger partial charge in [0.25, 0.3) is 0 Å². The molecule has 0 bridgehead atoms. The SMILES string of the molecule is CCON=C=NC(CC)N(C)C.Cl. The second-order valence-corrected chi connectivity index (χ2v) is 2.59. The molecule has 0 aliphatic heterocycles. The lowest BCUT2D eigenvalue weighted by Crippen LogP contribution is -2.24. The zero-order valence-electron chi connectivity index (χ0n) is 8.65. The topological polar surface area (TPSA) is 37.2 Å². The van der Waals surface area contributed by atoms with Crippen molar-refractivity contribution in [3.8, 4) is 0 Å². The molecule has 0 aliphatic carbocycles. The van der Waals surface area contributed by atoms with Gasteiger partial charge >= 0.3 is 0 Å². The summed E-state index contributed by atoms with van der Waals surface area (Å²) in [6.07, 6.45) is 1.09. The van der Waals surface area contributed by atoms with Crippen molar-refractivity contribution >= 4 is 18.4 Å². The van der Waals surface area contributed by atoms with Gasteiger partial charge in [0.05, 0.1) is 0 Å². The number of hydrogen-bond acceptors (Lipinski definition) is 4. The van der Waals surface area contributed by atoms with E-state index in [1.165, 1.54) is 0 Å². The number of hydrogen-bond donors (Lipinski definition) is 0. The van der Waals surface area contributed by atoms with Gasteiger partial charge in [-0.2, -0.15) is 0 Å². The van der Waals surface area contributed by atoms with E-state index in [0.717, 1.165) is 6.42 Å². The van der Waals surface area contributed by atoms with Crippen LogP contribution in [0, 0.1) is 0 Å². The highest BCUT2D eigenvalue weighted by Gasteiger charge is 2.03. The lowest BCUT2D eigenvalue weighted by atomic mass is 10.4. The molecule has 0 aromatic carbocycles. The predicted molar refractivity (Wildman–Crippen MR) is 56.5 cm³/mol. The second-order valence-electron chi connectivity index (χ2n) is 2.59. The van der Waals surface area contributed by atoms with Crippen LogP contribution < -0.4 is 0 Å². The van der Waals surface area contributed by atoms with Crippen LogP contribution in [0.5, 0.6) is 0 Å². The van der Waals surface area contributed by atoms with Gasteiger partial charge in [-0.1, -0.05) is 6.92 Å². The summed E-state index contributed by atoms with van der Waals surface area (Å²) < 4.78 is 0. The van der Waals surface area contributed by atoms with Gasteiger partial charge in [0.1, 0.15) is 18.8 Å². The van der Waals surface area contributed by atoms with E-state index in [0.29, 0.717) is 6.61 Å². The molecule has 78 valence electrons. The molecule has 0 amide bonds. The Labute approximate surface area is 86.1 Å². The maximum atomic E-state index is 4.71. The third-order valence-corrected chi connectivity index (χ3v) is 1.40. The number of rotatable bonds is 5. The van der Waals surface area contributed by atoms with Crippen molar-refractivity contribution in [1.82, 2.24) is 4.90 Å². The van der Waals surface area contributed by atoms with Gasteiger partial charge in [-0.15, -0.1) is 12.4 Å². The third-order valence-electron chi connectivity index (χ3n) is 1.40. The van der Waals surface area contributed by atoms with Crippen LogP contribution >= 0.6 is 12.4 Å². The molecular formula is C8H18ClN3O. The van der Waals surface area contributed by atoms with Gasteiger partial charge in [-0.25, -0.2) is 4.99 Å². The minimum Gasteiger partial charge on any atom is -0.388 e. The Morgan fingerprint density at radius 1 is 1.38 bits per heavy atom. The minimum atomic E-state index is 0. The molecule has 0 saturated heterocycles. The number of aliphatic imine (C=N–C) groups is 1. The zero-order chi connectivity index (χ0) is 9.40. The van der Waals surface area contributed by atoms with E-state index in [2.05, 4.69) is 23.1 Å². The first kappa shape index (κ1) is 14.9. The summed E-state index contributed by atoms with van der Waals surface area (Å²) in [7, 11) is 3.94. The van der Waals surface area contributed by atoms with Crippen molar-refractivity contribution in [2.75, 3.05) is 20.7 Å². The molecule has 0 aromatic rings. The highest BCUT2D eigenvalue weighted by Crippen LogP contribution is 1.98. The second kappa shape index (κ2) is 9.52. The number of nitrogens with zero attached hydrogens (tertiary/aromatic N) is 3. The molecule has 1 atom stereocenters. The molecule has 0 spiro atoms. The fourth-order valence-corrected chi connectivity index (χ4v) is 0.756. The van der Waals surface area contributed by atoms with Crippen LogP contribution in [0.2, 0.25) is 0 Å². The summed E-state index contributed by atoms with van der Waals surface area (Å²) in [6.45, 7) is 4.49. The summed E-state index contributed by atoms with van der Waals surface area (Å²) in [6, 6.07) is 2.50. The van der Waals surface area contributed by atoms with Crippen LogP contribution in [-0.2, 0) is 4.84 Å². The molecule has 0 fully saturated rings. The summed E-state index contributed by atoms with van der Waals surface area (Å²) in [4.78, 5) is 10.8.